The summed E-state index contributed by atoms with van der Waals surface area (Å²) in [5.74, 6) is 3.95. The molecule has 1 aliphatic heterocycles. The van der Waals surface area contributed by atoms with Gasteiger partial charge in [-0.15, -0.1) is 0 Å². The molecule has 1 unspecified atom stereocenters. The van der Waals surface area contributed by atoms with Crippen molar-refractivity contribution >= 4 is 17.8 Å². The predicted octanol–water partition coefficient (Wildman–Crippen LogP) is 1.29. The van der Waals surface area contributed by atoms with Crippen molar-refractivity contribution in [1.29, 1.82) is 0 Å². The normalized spacial score (nSPS) is 15.2. The summed E-state index contributed by atoms with van der Waals surface area (Å²) < 4.78 is 5.28. The van der Waals surface area contributed by atoms with Crippen molar-refractivity contribution in [2.45, 2.75) is 46.6 Å². The zero-order valence-corrected chi connectivity index (χ0v) is 15.3. The Morgan fingerprint density at radius 1 is 1.29 bits per heavy atom. The maximum atomic E-state index is 12.6. The molecule has 1 fully saturated rings. The smallest absolute Gasteiger partial charge is 0.329 e. The molecule has 0 radical (unpaired) electrons. The Bertz CT molecular complexity index is 527. The number of esters is 1. The van der Waals surface area contributed by atoms with E-state index in [2.05, 4.69) is 11.8 Å². The van der Waals surface area contributed by atoms with Gasteiger partial charge in [-0.2, -0.15) is 0 Å². The molecule has 0 aliphatic carbocycles. The number of hydrogen-bond donors (Lipinski definition) is 0. The van der Waals surface area contributed by atoms with Gasteiger partial charge in [0.15, 0.2) is 0 Å². The van der Waals surface area contributed by atoms with E-state index >= 15 is 0 Å². The van der Waals surface area contributed by atoms with Gasteiger partial charge in [0.25, 0.3) is 5.91 Å². The van der Waals surface area contributed by atoms with Crippen LogP contribution in [0.5, 0.6) is 0 Å². The van der Waals surface area contributed by atoms with Crippen LogP contribution in [0.3, 0.4) is 0 Å². The van der Waals surface area contributed by atoms with Gasteiger partial charge < -0.3 is 14.5 Å². The molecular formula is C18H28N2O4. The summed E-state index contributed by atoms with van der Waals surface area (Å²) in [7, 11) is 1.63. The van der Waals surface area contributed by atoms with E-state index in [0.29, 0.717) is 19.7 Å². The van der Waals surface area contributed by atoms with Crippen LogP contribution in [0, 0.1) is 23.7 Å². The number of hydrogen-bond acceptors (Lipinski definition) is 4. The first-order valence-electron chi connectivity index (χ1n) is 8.48. The quantitative estimate of drug-likeness (QED) is 0.399. The second-order valence-electron chi connectivity index (χ2n) is 6.44. The van der Waals surface area contributed by atoms with Crippen molar-refractivity contribution in [3.63, 3.8) is 0 Å². The number of unbranched alkanes of at least 4 members (excludes halogenated alkanes) is 1. The summed E-state index contributed by atoms with van der Waals surface area (Å²) in [6.45, 7) is 8.49. The lowest BCUT2D eigenvalue weighted by Crippen LogP contribution is -2.58. The lowest BCUT2D eigenvalue weighted by atomic mass is 9.95. The first-order chi connectivity index (χ1) is 11.3. The largest absolute Gasteiger partial charge is 0.464 e. The molecule has 6 nitrogen and oxygen atoms in total. The van der Waals surface area contributed by atoms with Gasteiger partial charge in [-0.3, -0.25) is 9.59 Å². The van der Waals surface area contributed by atoms with E-state index in [1.807, 2.05) is 20.8 Å². The Hall–Kier alpha value is -2.03. The maximum Gasteiger partial charge on any atom is 0.329 e. The number of carbonyl (C=O) groups excluding carboxylic acids is 3. The minimum absolute atomic E-state index is 0.0446. The van der Waals surface area contributed by atoms with Crippen molar-refractivity contribution in [3.8, 4) is 11.8 Å². The fourth-order valence-corrected chi connectivity index (χ4v) is 2.69. The fourth-order valence-electron chi connectivity index (χ4n) is 2.69. The number of likely N-dealkylation sites (N-methyl/N-ethyl adjacent to an activating group) is 1. The Labute approximate surface area is 144 Å². The average Bonchev–Trinajstić information content (AvgIpc) is 2.45. The fraction of sp³-hybridized carbons (Fsp3) is 0.722. The topological polar surface area (TPSA) is 66.9 Å². The molecular weight excluding hydrogens is 308 g/mol. The second kappa shape index (κ2) is 9.31. The van der Waals surface area contributed by atoms with Crippen LogP contribution in [-0.2, 0) is 19.1 Å². The molecule has 1 heterocycles. The molecule has 0 aromatic rings. The number of ether oxygens (including phenoxy) is 1. The molecule has 0 aromatic carbocycles. The Morgan fingerprint density at radius 2 is 1.92 bits per heavy atom. The van der Waals surface area contributed by atoms with Gasteiger partial charge in [0, 0.05) is 20.1 Å². The van der Waals surface area contributed by atoms with E-state index in [4.69, 9.17) is 4.74 Å². The molecule has 1 saturated heterocycles. The highest BCUT2D eigenvalue weighted by molar-refractivity contribution is 5.95. The number of amides is 2. The van der Waals surface area contributed by atoms with Gasteiger partial charge in [-0.25, -0.2) is 4.79 Å². The first-order valence-corrected chi connectivity index (χ1v) is 8.48. The van der Waals surface area contributed by atoms with E-state index < -0.39 is 6.04 Å². The summed E-state index contributed by atoms with van der Waals surface area (Å²) in [5, 5.41) is 0. The van der Waals surface area contributed by atoms with Gasteiger partial charge >= 0.3 is 5.97 Å². The lowest BCUT2D eigenvalue weighted by molar-refractivity contribution is -0.160. The Morgan fingerprint density at radius 3 is 2.42 bits per heavy atom. The van der Waals surface area contributed by atoms with E-state index in [1.165, 1.54) is 9.80 Å². The van der Waals surface area contributed by atoms with Crippen LogP contribution >= 0.6 is 0 Å². The molecule has 2 amide bonds. The highest BCUT2D eigenvalue weighted by Crippen LogP contribution is 2.21. The van der Waals surface area contributed by atoms with Crippen LogP contribution in [0.4, 0.5) is 0 Å². The number of carbonyl (C=O) groups is 3. The van der Waals surface area contributed by atoms with Crippen molar-refractivity contribution in [1.82, 2.24) is 9.80 Å². The van der Waals surface area contributed by atoms with Crippen LogP contribution in [0.1, 0.15) is 40.5 Å². The average molecular weight is 336 g/mol. The van der Waals surface area contributed by atoms with E-state index in [0.717, 1.165) is 12.8 Å². The third kappa shape index (κ3) is 4.98. The highest BCUT2D eigenvalue weighted by atomic mass is 16.5. The summed E-state index contributed by atoms with van der Waals surface area (Å²) >= 11 is 0. The third-order valence-electron chi connectivity index (χ3n) is 4.13. The van der Waals surface area contributed by atoms with Gasteiger partial charge in [-0.1, -0.05) is 33.1 Å². The molecule has 0 spiro atoms. The molecule has 0 saturated carbocycles. The summed E-state index contributed by atoms with van der Waals surface area (Å²) in [6, 6.07) is -0.602. The maximum absolute atomic E-state index is 12.6. The number of likely N-dealkylation sites (tertiary alicyclic amines) is 1. The molecule has 24 heavy (non-hydrogen) atoms. The SMILES string of the molecule is CC#CC(=O)N1CC(C(=O)N(C)C(C(=O)OCCCC)C(C)C)C1. The van der Waals surface area contributed by atoms with E-state index in [9.17, 15) is 14.4 Å². The van der Waals surface area contributed by atoms with E-state index in [1.54, 1.807) is 14.0 Å². The van der Waals surface area contributed by atoms with Gasteiger partial charge in [0.2, 0.25) is 5.91 Å². The molecule has 0 aromatic heterocycles. The molecule has 0 N–H and O–H groups in total. The monoisotopic (exact) mass is 336 g/mol. The minimum Gasteiger partial charge on any atom is -0.464 e. The van der Waals surface area contributed by atoms with Gasteiger partial charge in [-0.05, 0) is 25.2 Å². The van der Waals surface area contributed by atoms with Crippen LogP contribution in [0.25, 0.3) is 0 Å². The van der Waals surface area contributed by atoms with Crippen LogP contribution in [0.15, 0.2) is 0 Å². The zero-order chi connectivity index (χ0) is 18.3. The van der Waals surface area contributed by atoms with E-state index in [-0.39, 0.29) is 29.6 Å². The van der Waals surface area contributed by atoms with Crippen molar-refractivity contribution in [2.75, 3.05) is 26.7 Å². The van der Waals surface area contributed by atoms with Crippen molar-refractivity contribution in [3.05, 3.63) is 0 Å². The summed E-state index contributed by atoms with van der Waals surface area (Å²) in [6.07, 6.45) is 1.76. The lowest BCUT2D eigenvalue weighted by Gasteiger charge is -2.40. The summed E-state index contributed by atoms with van der Waals surface area (Å²) in [5.41, 5.74) is 0. The molecule has 1 rings (SSSR count). The highest BCUT2D eigenvalue weighted by Gasteiger charge is 2.40. The molecule has 0 bridgehead atoms. The molecule has 6 heteroatoms. The third-order valence-corrected chi connectivity index (χ3v) is 4.13. The first kappa shape index (κ1) is 20.0. The Balaban J connectivity index is 2.62. The minimum atomic E-state index is -0.602. The predicted molar refractivity (Wildman–Crippen MR) is 90.8 cm³/mol. The van der Waals surface area contributed by atoms with Gasteiger partial charge in [0.1, 0.15) is 6.04 Å². The number of rotatable bonds is 7. The molecule has 1 aliphatic rings. The molecule has 134 valence electrons. The second-order valence-corrected chi connectivity index (χ2v) is 6.44. The molecule has 1 atom stereocenters. The summed E-state index contributed by atoms with van der Waals surface area (Å²) in [4.78, 5) is 39.5. The number of nitrogens with zero attached hydrogens (tertiary/aromatic N) is 2. The Kier molecular flexibility index (Phi) is 7.76. The standard InChI is InChI=1S/C18H28N2O4/c1-6-8-10-24-18(23)16(13(3)4)19(5)17(22)14-11-20(12-14)15(21)9-7-2/h13-14,16H,6,8,10-12H2,1-5H3. The van der Waals surface area contributed by atoms with Crippen LogP contribution in [-0.4, -0.2) is 60.4 Å². The van der Waals surface area contributed by atoms with Gasteiger partial charge in [0.05, 0.1) is 12.5 Å². The zero-order valence-electron chi connectivity index (χ0n) is 15.3. The van der Waals surface area contributed by atoms with Crippen LogP contribution in [0.2, 0.25) is 0 Å². The van der Waals surface area contributed by atoms with Crippen molar-refractivity contribution in [2.24, 2.45) is 11.8 Å². The van der Waals surface area contributed by atoms with Crippen LogP contribution < -0.4 is 0 Å². The van der Waals surface area contributed by atoms with Crippen molar-refractivity contribution < 1.29 is 19.1 Å².